The Morgan fingerprint density at radius 1 is 1.21 bits per heavy atom. The molecule has 0 saturated heterocycles. The highest BCUT2D eigenvalue weighted by atomic mass is 19.4. The number of aryl methyl sites for hydroxylation is 1. The SMILES string of the molecule is CC1CCc2cc(F)ccc2N1C(=O)Cn1c(C(F)(F)F)nc2ccccc21. The second-order valence-corrected chi connectivity index (χ2v) is 6.93. The average Bonchev–Trinajstić information content (AvgIpc) is 3.01. The number of carbonyl (C=O) groups is 1. The predicted molar refractivity (Wildman–Crippen MR) is 96.4 cm³/mol. The number of hydrogen-bond acceptors (Lipinski definition) is 2. The minimum absolute atomic E-state index is 0.178. The van der Waals surface area contributed by atoms with Crippen molar-refractivity contribution in [2.24, 2.45) is 0 Å². The molecule has 1 aromatic heterocycles. The van der Waals surface area contributed by atoms with Crippen LogP contribution >= 0.6 is 0 Å². The smallest absolute Gasteiger partial charge is 0.311 e. The molecule has 0 N–H and O–H groups in total. The van der Waals surface area contributed by atoms with E-state index in [0.29, 0.717) is 24.1 Å². The second kappa shape index (κ2) is 6.61. The van der Waals surface area contributed by atoms with Gasteiger partial charge in [-0.2, -0.15) is 13.2 Å². The lowest BCUT2D eigenvalue weighted by Gasteiger charge is -2.35. The van der Waals surface area contributed by atoms with Gasteiger partial charge in [-0.05, 0) is 55.7 Å². The van der Waals surface area contributed by atoms with Crippen LogP contribution in [-0.2, 0) is 23.9 Å². The van der Waals surface area contributed by atoms with Crippen molar-refractivity contribution in [2.75, 3.05) is 4.90 Å². The van der Waals surface area contributed by atoms with E-state index in [1.54, 1.807) is 12.1 Å². The number of anilines is 1. The maximum Gasteiger partial charge on any atom is 0.449 e. The van der Waals surface area contributed by atoms with Crippen LogP contribution in [0.3, 0.4) is 0 Å². The summed E-state index contributed by atoms with van der Waals surface area (Å²) in [6, 6.07) is 10.1. The van der Waals surface area contributed by atoms with Crippen LogP contribution in [0.4, 0.5) is 23.2 Å². The Bertz CT molecular complexity index is 1060. The third kappa shape index (κ3) is 3.12. The fourth-order valence-electron chi connectivity index (χ4n) is 3.76. The number of nitrogens with zero attached hydrogens (tertiary/aromatic N) is 3. The van der Waals surface area contributed by atoms with Gasteiger partial charge in [0.05, 0.1) is 11.0 Å². The number of imidazole rings is 1. The Labute approximate surface area is 158 Å². The van der Waals surface area contributed by atoms with Crippen LogP contribution in [0.25, 0.3) is 11.0 Å². The largest absolute Gasteiger partial charge is 0.449 e. The standard InChI is InChI=1S/C20H17F4N3O/c1-12-6-7-13-10-14(21)8-9-16(13)27(12)18(28)11-26-17-5-3-2-4-15(17)25-19(26)20(22,23)24/h2-5,8-10,12H,6-7,11H2,1H3. The molecule has 0 fully saturated rings. The number of halogens is 4. The highest BCUT2D eigenvalue weighted by molar-refractivity contribution is 5.96. The summed E-state index contributed by atoms with van der Waals surface area (Å²) in [5, 5.41) is 0. The number of fused-ring (bicyclic) bond motifs is 2. The zero-order chi connectivity index (χ0) is 20.1. The molecule has 3 aromatic rings. The van der Waals surface area contributed by atoms with E-state index in [1.807, 2.05) is 6.92 Å². The van der Waals surface area contributed by atoms with Crippen molar-refractivity contribution in [3.05, 3.63) is 59.7 Å². The van der Waals surface area contributed by atoms with Crippen molar-refractivity contribution in [3.8, 4) is 0 Å². The van der Waals surface area contributed by atoms with Crippen LogP contribution in [0, 0.1) is 5.82 Å². The summed E-state index contributed by atoms with van der Waals surface area (Å²) in [6.45, 7) is 1.33. The maximum atomic E-state index is 13.5. The molecule has 1 unspecified atom stereocenters. The number of hydrogen-bond donors (Lipinski definition) is 0. The van der Waals surface area contributed by atoms with Crippen molar-refractivity contribution in [1.29, 1.82) is 0 Å². The average molecular weight is 391 g/mol. The molecule has 2 aromatic carbocycles. The fourth-order valence-corrected chi connectivity index (χ4v) is 3.76. The van der Waals surface area contributed by atoms with E-state index < -0.39 is 30.3 Å². The molecular weight excluding hydrogens is 374 g/mol. The van der Waals surface area contributed by atoms with Gasteiger partial charge in [-0.3, -0.25) is 4.79 Å². The van der Waals surface area contributed by atoms with Crippen molar-refractivity contribution < 1.29 is 22.4 Å². The minimum atomic E-state index is -4.69. The van der Waals surface area contributed by atoms with Crippen LogP contribution in [0.1, 0.15) is 24.7 Å². The van der Waals surface area contributed by atoms with E-state index >= 15 is 0 Å². The molecule has 4 rings (SSSR count). The van der Waals surface area contributed by atoms with Gasteiger partial charge in [0.25, 0.3) is 0 Å². The van der Waals surface area contributed by atoms with E-state index in [9.17, 15) is 22.4 Å². The second-order valence-electron chi connectivity index (χ2n) is 6.93. The van der Waals surface area contributed by atoms with E-state index in [4.69, 9.17) is 0 Å². The van der Waals surface area contributed by atoms with Gasteiger partial charge in [-0.25, -0.2) is 9.37 Å². The Balaban J connectivity index is 1.76. The molecule has 1 atom stereocenters. The van der Waals surface area contributed by atoms with Gasteiger partial charge in [0.2, 0.25) is 11.7 Å². The summed E-state index contributed by atoms with van der Waals surface area (Å²) < 4.78 is 54.9. The molecular formula is C20H17F4N3O. The van der Waals surface area contributed by atoms with Gasteiger partial charge in [-0.15, -0.1) is 0 Å². The van der Waals surface area contributed by atoms with E-state index in [0.717, 1.165) is 4.57 Å². The zero-order valence-corrected chi connectivity index (χ0v) is 15.0. The Morgan fingerprint density at radius 2 is 1.96 bits per heavy atom. The lowest BCUT2D eigenvalue weighted by molar-refractivity contribution is -0.147. The van der Waals surface area contributed by atoms with Crippen LogP contribution in [-0.4, -0.2) is 21.5 Å². The lowest BCUT2D eigenvalue weighted by atomic mass is 9.96. The van der Waals surface area contributed by atoms with Gasteiger partial charge >= 0.3 is 6.18 Å². The number of rotatable bonds is 2. The van der Waals surface area contributed by atoms with Crippen LogP contribution in [0.15, 0.2) is 42.5 Å². The summed E-state index contributed by atoms with van der Waals surface area (Å²) in [5.41, 5.74) is 1.64. The molecule has 8 heteroatoms. The van der Waals surface area contributed by atoms with Gasteiger partial charge in [-0.1, -0.05) is 12.1 Å². The Morgan fingerprint density at radius 3 is 2.71 bits per heavy atom. The highest BCUT2D eigenvalue weighted by Gasteiger charge is 2.39. The summed E-state index contributed by atoms with van der Waals surface area (Å²) in [5.74, 6) is -2.00. The molecule has 0 aliphatic carbocycles. The summed E-state index contributed by atoms with van der Waals surface area (Å²) in [6.07, 6.45) is -3.47. The molecule has 2 heterocycles. The fraction of sp³-hybridized carbons (Fsp3) is 0.300. The number of aromatic nitrogens is 2. The molecule has 0 bridgehead atoms. The first-order chi connectivity index (χ1) is 13.3. The zero-order valence-electron chi connectivity index (χ0n) is 15.0. The molecule has 4 nitrogen and oxygen atoms in total. The number of alkyl halides is 3. The summed E-state index contributed by atoms with van der Waals surface area (Å²) in [4.78, 5) is 18.2. The van der Waals surface area contributed by atoms with Crippen molar-refractivity contribution in [2.45, 2.75) is 38.5 Å². The molecule has 0 saturated carbocycles. The topological polar surface area (TPSA) is 38.1 Å². The highest BCUT2D eigenvalue weighted by Crippen LogP contribution is 2.34. The van der Waals surface area contributed by atoms with Gasteiger partial charge in [0.1, 0.15) is 12.4 Å². The number of carbonyl (C=O) groups excluding carboxylic acids is 1. The summed E-state index contributed by atoms with van der Waals surface area (Å²) in [7, 11) is 0. The van der Waals surface area contributed by atoms with Crippen LogP contribution in [0.2, 0.25) is 0 Å². The lowest BCUT2D eigenvalue weighted by Crippen LogP contribution is -2.44. The Hall–Kier alpha value is -2.90. The van der Waals surface area contributed by atoms with Crippen LogP contribution in [0.5, 0.6) is 0 Å². The maximum absolute atomic E-state index is 13.5. The monoisotopic (exact) mass is 391 g/mol. The first-order valence-corrected chi connectivity index (χ1v) is 8.88. The molecule has 28 heavy (non-hydrogen) atoms. The number of para-hydroxylation sites is 2. The molecule has 146 valence electrons. The van der Waals surface area contributed by atoms with Gasteiger partial charge in [0, 0.05) is 11.7 Å². The van der Waals surface area contributed by atoms with E-state index in [-0.39, 0.29) is 17.1 Å². The first-order valence-electron chi connectivity index (χ1n) is 8.88. The van der Waals surface area contributed by atoms with Gasteiger partial charge in [0.15, 0.2) is 0 Å². The third-order valence-electron chi connectivity index (χ3n) is 5.04. The Kier molecular flexibility index (Phi) is 4.36. The predicted octanol–water partition coefficient (Wildman–Crippen LogP) is 4.56. The molecule has 1 amide bonds. The van der Waals surface area contributed by atoms with Crippen molar-refractivity contribution in [1.82, 2.24) is 9.55 Å². The van der Waals surface area contributed by atoms with E-state index in [2.05, 4.69) is 4.98 Å². The van der Waals surface area contributed by atoms with Crippen molar-refractivity contribution >= 4 is 22.6 Å². The molecule has 1 aliphatic heterocycles. The number of benzene rings is 2. The van der Waals surface area contributed by atoms with Crippen molar-refractivity contribution in [3.63, 3.8) is 0 Å². The third-order valence-corrected chi connectivity index (χ3v) is 5.04. The quantitative estimate of drug-likeness (QED) is 0.601. The van der Waals surface area contributed by atoms with E-state index in [1.165, 1.54) is 35.2 Å². The van der Waals surface area contributed by atoms with Gasteiger partial charge < -0.3 is 9.47 Å². The summed E-state index contributed by atoms with van der Waals surface area (Å²) >= 11 is 0. The molecule has 0 spiro atoms. The first kappa shape index (κ1) is 18.5. The molecule has 1 aliphatic rings. The minimum Gasteiger partial charge on any atom is -0.311 e. The van der Waals surface area contributed by atoms with Crippen LogP contribution < -0.4 is 4.90 Å². The normalized spacial score (nSPS) is 17.0. The number of amides is 1. The molecule has 0 radical (unpaired) electrons.